The number of benzene rings is 1. The van der Waals surface area contributed by atoms with Gasteiger partial charge in [0.1, 0.15) is 12.9 Å². The SMILES string of the molecule is CCCCOn1c(=O)cc(NCc2ccc(NC(C)=O)cc2)c2c(C)ncnc21. The molecule has 0 unspecified atom stereocenters. The second-order valence-corrected chi connectivity index (χ2v) is 6.77. The zero-order chi connectivity index (χ0) is 20.8. The number of carbonyl (C=O) groups excluding carboxylic acids is 1. The minimum absolute atomic E-state index is 0.112. The Labute approximate surface area is 168 Å². The molecular weight excluding hydrogens is 370 g/mol. The highest BCUT2D eigenvalue weighted by Crippen LogP contribution is 2.23. The molecule has 0 aliphatic carbocycles. The summed E-state index contributed by atoms with van der Waals surface area (Å²) in [5, 5.41) is 6.79. The third-order valence-corrected chi connectivity index (χ3v) is 4.42. The molecule has 0 bridgehead atoms. The quantitative estimate of drug-likeness (QED) is 0.569. The number of hydrogen-bond acceptors (Lipinski definition) is 6. The molecule has 0 fully saturated rings. The molecule has 2 aromatic heterocycles. The molecule has 152 valence electrons. The number of unbranched alkanes of at least 4 members (excludes halogenated alkanes) is 1. The lowest BCUT2D eigenvalue weighted by molar-refractivity contribution is -0.114. The molecule has 29 heavy (non-hydrogen) atoms. The first-order valence-electron chi connectivity index (χ1n) is 9.60. The van der Waals surface area contributed by atoms with E-state index in [1.165, 1.54) is 24.0 Å². The monoisotopic (exact) mass is 395 g/mol. The summed E-state index contributed by atoms with van der Waals surface area (Å²) in [7, 11) is 0. The van der Waals surface area contributed by atoms with Crippen LogP contribution in [0.25, 0.3) is 11.0 Å². The molecule has 2 heterocycles. The van der Waals surface area contributed by atoms with Gasteiger partial charge in [-0.3, -0.25) is 9.59 Å². The van der Waals surface area contributed by atoms with E-state index in [1.54, 1.807) is 0 Å². The van der Waals surface area contributed by atoms with Gasteiger partial charge in [-0.15, -0.1) is 4.73 Å². The average Bonchev–Trinajstić information content (AvgIpc) is 2.69. The summed E-state index contributed by atoms with van der Waals surface area (Å²) in [4.78, 5) is 38.0. The number of amides is 1. The number of rotatable bonds is 8. The number of nitrogens with zero attached hydrogens (tertiary/aromatic N) is 3. The smallest absolute Gasteiger partial charge is 0.287 e. The highest BCUT2D eigenvalue weighted by atomic mass is 16.7. The van der Waals surface area contributed by atoms with Gasteiger partial charge in [-0.2, -0.15) is 0 Å². The van der Waals surface area contributed by atoms with Gasteiger partial charge < -0.3 is 15.5 Å². The summed E-state index contributed by atoms with van der Waals surface area (Å²) in [6, 6.07) is 9.02. The van der Waals surface area contributed by atoms with Gasteiger partial charge >= 0.3 is 0 Å². The Balaban J connectivity index is 1.87. The van der Waals surface area contributed by atoms with E-state index in [2.05, 4.69) is 27.5 Å². The molecule has 1 aromatic carbocycles. The lowest BCUT2D eigenvalue weighted by atomic mass is 10.1. The number of pyridine rings is 1. The number of aromatic nitrogens is 3. The van der Waals surface area contributed by atoms with Crippen LogP contribution < -0.4 is 21.0 Å². The van der Waals surface area contributed by atoms with Gasteiger partial charge in [0.2, 0.25) is 5.91 Å². The summed E-state index contributed by atoms with van der Waals surface area (Å²) in [5.74, 6) is -0.112. The number of aryl methyl sites for hydroxylation is 1. The zero-order valence-electron chi connectivity index (χ0n) is 16.9. The number of anilines is 2. The van der Waals surface area contributed by atoms with Crippen molar-refractivity contribution in [1.29, 1.82) is 0 Å². The number of hydrogen-bond donors (Lipinski definition) is 2. The van der Waals surface area contributed by atoms with Gasteiger partial charge in [-0.05, 0) is 31.0 Å². The van der Waals surface area contributed by atoms with Crippen LogP contribution in [0.4, 0.5) is 11.4 Å². The molecule has 1 amide bonds. The maximum Gasteiger partial charge on any atom is 0.287 e. The van der Waals surface area contributed by atoms with Crippen LogP contribution in [0.15, 0.2) is 41.5 Å². The molecule has 0 radical (unpaired) electrons. The summed E-state index contributed by atoms with van der Waals surface area (Å²) < 4.78 is 1.24. The van der Waals surface area contributed by atoms with E-state index < -0.39 is 0 Å². The van der Waals surface area contributed by atoms with E-state index in [-0.39, 0.29) is 11.5 Å². The lowest BCUT2D eigenvalue weighted by Gasteiger charge is -2.15. The van der Waals surface area contributed by atoms with Crippen LogP contribution in [0.3, 0.4) is 0 Å². The zero-order valence-corrected chi connectivity index (χ0v) is 16.9. The highest BCUT2D eigenvalue weighted by molar-refractivity contribution is 5.90. The van der Waals surface area contributed by atoms with Crippen molar-refractivity contribution >= 4 is 28.3 Å². The van der Waals surface area contributed by atoms with Gasteiger partial charge in [0, 0.05) is 25.2 Å². The molecule has 0 aliphatic heterocycles. The summed E-state index contributed by atoms with van der Waals surface area (Å²) >= 11 is 0. The molecule has 3 rings (SSSR count). The van der Waals surface area contributed by atoms with Crippen LogP contribution in [0, 0.1) is 6.92 Å². The van der Waals surface area contributed by atoms with Crippen molar-refractivity contribution in [1.82, 2.24) is 14.7 Å². The van der Waals surface area contributed by atoms with Crippen LogP contribution in [-0.2, 0) is 11.3 Å². The number of nitrogens with one attached hydrogen (secondary N) is 2. The molecule has 8 nitrogen and oxygen atoms in total. The van der Waals surface area contributed by atoms with Gasteiger partial charge in [-0.25, -0.2) is 9.97 Å². The first-order valence-corrected chi connectivity index (χ1v) is 9.60. The van der Waals surface area contributed by atoms with Crippen molar-refractivity contribution in [2.75, 3.05) is 17.2 Å². The Morgan fingerprint density at radius 2 is 1.97 bits per heavy atom. The Kier molecular flexibility index (Phi) is 6.43. The Bertz CT molecular complexity index is 1060. The van der Waals surface area contributed by atoms with Crippen LogP contribution in [0.2, 0.25) is 0 Å². The Morgan fingerprint density at radius 3 is 2.66 bits per heavy atom. The minimum atomic E-state index is -0.282. The molecule has 0 atom stereocenters. The van der Waals surface area contributed by atoms with Crippen molar-refractivity contribution in [3.63, 3.8) is 0 Å². The molecule has 0 aliphatic rings. The van der Waals surface area contributed by atoms with E-state index >= 15 is 0 Å². The standard InChI is InChI=1S/C21H25N5O3/c1-4-5-10-29-26-19(28)11-18(20-14(2)23-13-24-21(20)26)22-12-16-6-8-17(9-7-16)25-15(3)27/h6-9,11,13,22H,4-5,10,12H2,1-3H3,(H,25,27). The van der Waals surface area contributed by atoms with Crippen LogP contribution in [0.1, 0.15) is 37.9 Å². The van der Waals surface area contributed by atoms with Gasteiger partial charge in [-0.1, -0.05) is 25.5 Å². The summed E-state index contributed by atoms with van der Waals surface area (Å²) in [6.45, 7) is 6.36. The molecular formula is C21H25N5O3. The predicted molar refractivity (Wildman–Crippen MR) is 113 cm³/mol. The van der Waals surface area contributed by atoms with Gasteiger partial charge in [0.25, 0.3) is 5.56 Å². The van der Waals surface area contributed by atoms with Crippen LogP contribution in [0.5, 0.6) is 0 Å². The lowest BCUT2D eigenvalue weighted by Crippen LogP contribution is -2.29. The molecule has 3 aromatic rings. The summed E-state index contributed by atoms with van der Waals surface area (Å²) in [5.41, 5.74) is 3.32. The fourth-order valence-corrected chi connectivity index (χ4v) is 2.96. The third-order valence-electron chi connectivity index (χ3n) is 4.42. The Hall–Kier alpha value is -3.42. The van der Waals surface area contributed by atoms with E-state index in [9.17, 15) is 9.59 Å². The van der Waals surface area contributed by atoms with Crippen molar-refractivity contribution < 1.29 is 9.63 Å². The first-order chi connectivity index (χ1) is 14.0. The van der Waals surface area contributed by atoms with Crippen LogP contribution in [-0.4, -0.2) is 27.2 Å². The van der Waals surface area contributed by atoms with Crippen molar-refractivity contribution in [2.24, 2.45) is 0 Å². The largest absolute Gasteiger partial charge is 0.409 e. The molecule has 2 N–H and O–H groups in total. The average molecular weight is 395 g/mol. The van der Waals surface area contributed by atoms with Crippen molar-refractivity contribution in [3.8, 4) is 0 Å². The molecule has 0 saturated heterocycles. The fourth-order valence-electron chi connectivity index (χ4n) is 2.96. The predicted octanol–water partition coefficient (Wildman–Crippen LogP) is 2.90. The normalized spacial score (nSPS) is 10.7. The molecule has 8 heteroatoms. The second kappa shape index (κ2) is 9.18. The number of carbonyl (C=O) groups is 1. The van der Waals surface area contributed by atoms with Crippen molar-refractivity contribution in [2.45, 2.75) is 40.2 Å². The van der Waals surface area contributed by atoms with E-state index in [4.69, 9.17) is 4.84 Å². The summed E-state index contributed by atoms with van der Waals surface area (Å²) in [6.07, 6.45) is 3.26. The minimum Gasteiger partial charge on any atom is -0.409 e. The van der Waals surface area contributed by atoms with E-state index in [1.807, 2.05) is 31.2 Å². The first kappa shape index (κ1) is 20.3. The van der Waals surface area contributed by atoms with E-state index in [0.29, 0.717) is 24.5 Å². The van der Waals surface area contributed by atoms with Gasteiger partial charge in [0.15, 0.2) is 5.65 Å². The maximum atomic E-state index is 12.6. The van der Waals surface area contributed by atoms with Gasteiger partial charge in [0.05, 0.1) is 16.8 Å². The number of fused-ring (bicyclic) bond motifs is 1. The van der Waals surface area contributed by atoms with Crippen LogP contribution >= 0.6 is 0 Å². The molecule has 0 saturated carbocycles. The fraction of sp³-hybridized carbons (Fsp3) is 0.333. The van der Waals surface area contributed by atoms with Crippen molar-refractivity contribution in [3.05, 3.63) is 58.3 Å². The topological polar surface area (TPSA) is 98.1 Å². The Morgan fingerprint density at radius 1 is 1.21 bits per heavy atom. The second-order valence-electron chi connectivity index (χ2n) is 6.77. The molecule has 0 spiro atoms. The van der Waals surface area contributed by atoms with E-state index in [0.717, 1.165) is 35.2 Å². The highest BCUT2D eigenvalue weighted by Gasteiger charge is 2.14. The third kappa shape index (κ3) is 4.90. The maximum absolute atomic E-state index is 12.6.